The smallest absolute Gasteiger partial charge is 0.277 e. The van der Waals surface area contributed by atoms with Gasteiger partial charge in [0.1, 0.15) is 23.3 Å². The van der Waals surface area contributed by atoms with Crippen molar-refractivity contribution in [3.05, 3.63) is 64.2 Å². The van der Waals surface area contributed by atoms with Crippen molar-refractivity contribution < 1.29 is 4.52 Å². The Labute approximate surface area is 125 Å². The molecule has 0 amide bonds. The number of aryl methyl sites for hydroxylation is 2. The molecule has 0 radical (unpaired) electrons. The van der Waals surface area contributed by atoms with Crippen LogP contribution in [0.5, 0.6) is 0 Å². The molecular weight excluding hydrogens is 280 g/mol. The molecule has 6 nitrogen and oxygen atoms in total. The Morgan fingerprint density at radius 3 is 2.68 bits per heavy atom. The number of para-hydroxylation sites is 2. The Kier molecular flexibility index (Phi) is 2.66. The van der Waals surface area contributed by atoms with Crippen LogP contribution < -0.4 is 5.56 Å². The molecule has 0 aliphatic carbocycles. The van der Waals surface area contributed by atoms with Crippen molar-refractivity contribution in [1.29, 1.82) is 0 Å². The minimum absolute atomic E-state index is 0.0747. The quantitative estimate of drug-likeness (QED) is 0.569. The van der Waals surface area contributed by atoms with Crippen molar-refractivity contribution in [3.63, 3.8) is 0 Å². The molecule has 0 fully saturated rings. The lowest BCUT2D eigenvalue weighted by molar-refractivity contribution is 0.389. The molecule has 3 aromatic heterocycles. The summed E-state index contributed by atoms with van der Waals surface area (Å²) in [5.74, 6) is 0.731. The Hall–Kier alpha value is -2.89. The fourth-order valence-electron chi connectivity index (χ4n) is 2.82. The number of hydrogen-bond donors (Lipinski definition) is 0. The Balaban J connectivity index is 2.08. The molecule has 0 saturated heterocycles. The highest BCUT2D eigenvalue weighted by Crippen LogP contribution is 2.17. The Bertz CT molecular complexity index is 1060. The summed E-state index contributed by atoms with van der Waals surface area (Å²) in [6.07, 6.45) is 1.69. The lowest BCUT2D eigenvalue weighted by Crippen LogP contribution is -2.23. The highest BCUT2D eigenvalue weighted by molar-refractivity contribution is 5.79. The van der Waals surface area contributed by atoms with Crippen LogP contribution in [0, 0.1) is 13.8 Å². The second-order valence-electron chi connectivity index (χ2n) is 5.36. The molecule has 0 unspecified atom stereocenters. The molecule has 0 bridgehead atoms. The van der Waals surface area contributed by atoms with Crippen LogP contribution in [-0.4, -0.2) is 19.1 Å². The van der Waals surface area contributed by atoms with Crippen LogP contribution in [0.3, 0.4) is 0 Å². The standard InChI is InChI=1S/C16H14N4O2/c1-10-7-12(18-22-10)8-19-13-5-3-4-6-14(13)20-9-17-11(2)15(20)16(19)21/h3-7,9H,8H2,1-2H3. The fourth-order valence-corrected chi connectivity index (χ4v) is 2.82. The molecule has 4 rings (SSSR count). The van der Waals surface area contributed by atoms with E-state index in [0.717, 1.165) is 28.2 Å². The topological polar surface area (TPSA) is 65.3 Å². The van der Waals surface area contributed by atoms with Crippen LogP contribution in [0.15, 0.2) is 46.0 Å². The van der Waals surface area contributed by atoms with E-state index in [1.165, 1.54) is 0 Å². The molecule has 22 heavy (non-hydrogen) atoms. The molecule has 0 aliphatic heterocycles. The first-order chi connectivity index (χ1) is 10.6. The summed E-state index contributed by atoms with van der Waals surface area (Å²) in [7, 11) is 0. The van der Waals surface area contributed by atoms with E-state index in [1.54, 1.807) is 10.9 Å². The second kappa shape index (κ2) is 4.56. The van der Waals surface area contributed by atoms with Crippen molar-refractivity contribution in [2.75, 3.05) is 0 Å². The van der Waals surface area contributed by atoms with Gasteiger partial charge in [0.25, 0.3) is 5.56 Å². The summed E-state index contributed by atoms with van der Waals surface area (Å²) in [6, 6.07) is 9.62. The number of fused-ring (bicyclic) bond motifs is 3. The summed E-state index contributed by atoms with van der Waals surface area (Å²) >= 11 is 0. The maximum absolute atomic E-state index is 12.9. The number of rotatable bonds is 2. The minimum Gasteiger partial charge on any atom is -0.361 e. The van der Waals surface area contributed by atoms with Gasteiger partial charge in [-0.1, -0.05) is 17.3 Å². The van der Waals surface area contributed by atoms with Crippen molar-refractivity contribution in [2.45, 2.75) is 20.4 Å². The monoisotopic (exact) mass is 294 g/mol. The summed E-state index contributed by atoms with van der Waals surface area (Å²) in [6.45, 7) is 4.05. The number of nitrogens with zero attached hydrogens (tertiary/aromatic N) is 4. The van der Waals surface area contributed by atoms with Gasteiger partial charge in [-0.3, -0.25) is 13.8 Å². The van der Waals surface area contributed by atoms with Gasteiger partial charge in [0.2, 0.25) is 0 Å². The molecule has 3 heterocycles. The molecule has 0 saturated carbocycles. The normalized spacial score (nSPS) is 11.5. The van der Waals surface area contributed by atoms with Gasteiger partial charge in [0, 0.05) is 6.07 Å². The lowest BCUT2D eigenvalue weighted by Gasteiger charge is -2.11. The molecule has 4 aromatic rings. The van der Waals surface area contributed by atoms with Crippen LogP contribution in [0.25, 0.3) is 16.6 Å². The zero-order valence-corrected chi connectivity index (χ0v) is 12.3. The number of benzene rings is 1. The van der Waals surface area contributed by atoms with Gasteiger partial charge in [-0.05, 0) is 26.0 Å². The molecule has 1 aromatic carbocycles. The lowest BCUT2D eigenvalue weighted by atomic mass is 10.2. The maximum Gasteiger partial charge on any atom is 0.277 e. The van der Waals surface area contributed by atoms with Gasteiger partial charge in [0.15, 0.2) is 0 Å². The zero-order valence-electron chi connectivity index (χ0n) is 12.3. The third kappa shape index (κ3) is 1.77. The van der Waals surface area contributed by atoms with Gasteiger partial charge >= 0.3 is 0 Å². The highest BCUT2D eigenvalue weighted by atomic mass is 16.5. The first-order valence-electron chi connectivity index (χ1n) is 7.02. The SMILES string of the molecule is Cc1cc(Cn2c(=O)c3c(C)ncn3c3ccccc32)no1. The van der Waals surface area contributed by atoms with E-state index in [9.17, 15) is 4.79 Å². The van der Waals surface area contributed by atoms with Crippen LogP contribution >= 0.6 is 0 Å². The van der Waals surface area contributed by atoms with E-state index in [2.05, 4.69) is 10.1 Å². The molecule has 6 heteroatoms. The van der Waals surface area contributed by atoms with Crippen molar-refractivity contribution in [2.24, 2.45) is 0 Å². The molecule has 0 atom stereocenters. The summed E-state index contributed by atoms with van der Waals surface area (Å²) in [4.78, 5) is 17.2. The number of hydrogen-bond acceptors (Lipinski definition) is 4. The number of aromatic nitrogens is 4. The third-order valence-electron chi connectivity index (χ3n) is 3.83. The maximum atomic E-state index is 12.9. The van der Waals surface area contributed by atoms with Crippen LogP contribution in [0.4, 0.5) is 0 Å². The van der Waals surface area contributed by atoms with Crippen LogP contribution in [0.1, 0.15) is 17.1 Å². The van der Waals surface area contributed by atoms with Gasteiger partial charge in [-0.2, -0.15) is 0 Å². The van der Waals surface area contributed by atoms with Crippen molar-refractivity contribution >= 4 is 16.6 Å². The van der Waals surface area contributed by atoms with Crippen LogP contribution in [-0.2, 0) is 6.54 Å². The number of imidazole rings is 1. The average molecular weight is 294 g/mol. The molecule has 0 N–H and O–H groups in total. The second-order valence-corrected chi connectivity index (χ2v) is 5.36. The van der Waals surface area contributed by atoms with E-state index in [4.69, 9.17) is 4.52 Å². The van der Waals surface area contributed by atoms with Crippen molar-refractivity contribution in [1.82, 2.24) is 19.1 Å². The molecule has 0 aliphatic rings. The third-order valence-corrected chi connectivity index (χ3v) is 3.83. The van der Waals surface area contributed by atoms with Crippen LogP contribution in [0.2, 0.25) is 0 Å². The largest absolute Gasteiger partial charge is 0.361 e. The van der Waals surface area contributed by atoms with E-state index in [-0.39, 0.29) is 5.56 Å². The van der Waals surface area contributed by atoms with E-state index >= 15 is 0 Å². The first-order valence-corrected chi connectivity index (χ1v) is 7.02. The van der Waals surface area contributed by atoms with E-state index in [1.807, 2.05) is 48.6 Å². The van der Waals surface area contributed by atoms with Gasteiger partial charge in [-0.25, -0.2) is 4.98 Å². The fraction of sp³-hybridized carbons (Fsp3) is 0.188. The Morgan fingerprint density at radius 2 is 1.95 bits per heavy atom. The average Bonchev–Trinajstić information content (AvgIpc) is 3.10. The zero-order chi connectivity index (χ0) is 15.3. The Morgan fingerprint density at radius 1 is 1.18 bits per heavy atom. The predicted octanol–water partition coefficient (Wildman–Crippen LogP) is 2.30. The molecule has 0 spiro atoms. The minimum atomic E-state index is -0.0747. The van der Waals surface area contributed by atoms with Gasteiger partial charge in [-0.15, -0.1) is 0 Å². The summed E-state index contributed by atoms with van der Waals surface area (Å²) in [5.41, 5.74) is 3.76. The van der Waals surface area contributed by atoms with Gasteiger partial charge < -0.3 is 4.52 Å². The van der Waals surface area contributed by atoms with E-state index < -0.39 is 0 Å². The summed E-state index contributed by atoms with van der Waals surface area (Å²) < 4.78 is 8.67. The highest BCUT2D eigenvalue weighted by Gasteiger charge is 2.14. The molecular formula is C16H14N4O2. The molecule has 110 valence electrons. The van der Waals surface area contributed by atoms with Crippen molar-refractivity contribution in [3.8, 4) is 0 Å². The van der Waals surface area contributed by atoms with E-state index in [0.29, 0.717) is 12.1 Å². The van der Waals surface area contributed by atoms with Gasteiger partial charge in [0.05, 0.1) is 23.3 Å². The summed E-state index contributed by atoms with van der Waals surface area (Å²) in [5, 5.41) is 3.99. The predicted molar refractivity (Wildman–Crippen MR) is 82.0 cm³/mol. The first kappa shape index (κ1) is 12.8.